The third-order valence-electron chi connectivity index (χ3n) is 2.67. The molecule has 4 heteroatoms. The van der Waals surface area contributed by atoms with Crippen LogP contribution in [-0.2, 0) is 17.6 Å². The average Bonchev–Trinajstić information content (AvgIpc) is 2.27. The van der Waals surface area contributed by atoms with Crippen LogP contribution in [0.1, 0.15) is 24.5 Å². The standard InChI is InChI=1S/C13H19NO3/c1-3-9-4-5-12(17-2)10(6-9)7-11(14)8-13(15)16/h4-6,11H,3,7-8,14H2,1-2H3,(H,15,16). The van der Waals surface area contributed by atoms with Gasteiger partial charge in [0.05, 0.1) is 13.5 Å². The normalized spacial score (nSPS) is 12.2. The summed E-state index contributed by atoms with van der Waals surface area (Å²) in [5.41, 5.74) is 7.96. The summed E-state index contributed by atoms with van der Waals surface area (Å²) in [4.78, 5) is 10.6. The van der Waals surface area contributed by atoms with Crippen LogP contribution < -0.4 is 10.5 Å². The molecule has 1 unspecified atom stereocenters. The number of carboxylic acids is 1. The molecular formula is C13H19NO3. The van der Waals surface area contributed by atoms with Gasteiger partial charge in [0.25, 0.3) is 0 Å². The van der Waals surface area contributed by atoms with Crippen LogP contribution in [-0.4, -0.2) is 24.2 Å². The van der Waals surface area contributed by atoms with Gasteiger partial charge in [0, 0.05) is 6.04 Å². The monoisotopic (exact) mass is 237 g/mol. The third-order valence-corrected chi connectivity index (χ3v) is 2.67. The van der Waals surface area contributed by atoms with Crippen molar-refractivity contribution in [1.29, 1.82) is 0 Å². The number of carboxylic acid groups (broad SMARTS) is 1. The molecule has 0 aliphatic heterocycles. The molecule has 0 aliphatic carbocycles. The first-order chi connectivity index (χ1) is 8.06. The van der Waals surface area contributed by atoms with Crippen molar-refractivity contribution < 1.29 is 14.6 Å². The van der Waals surface area contributed by atoms with Crippen LogP contribution in [0.5, 0.6) is 5.75 Å². The maximum absolute atomic E-state index is 10.6. The molecule has 17 heavy (non-hydrogen) atoms. The number of methoxy groups -OCH3 is 1. The molecule has 0 bridgehead atoms. The summed E-state index contributed by atoms with van der Waals surface area (Å²) in [5, 5.41) is 8.68. The second-order valence-corrected chi connectivity index (χ2v) is 4.06. The Morgan fingerprint density at radius 1 is 1.53 bits per heavy atom. The zero-order valence-corrected chi connectivity index (χ0v) is 10.3. The molecule has 94 valence electrons. The Morgan fingerprint density at radius 2 is 2.24 bits per heavy atom. The van der Waals surface area contributed by atoms with E-state index in [9.17, 15) is 4.79 Å². The predicted octanol–water partition coefficient (Wildman–Crippen LogP) is 1.60. The molecule has 0 fully saturated rings. The van der Waals surface area contributed by atoms with Gasteiger partial charge in [-0.2, -0.15) is 0 Å². The maximum Gasteiger partial charge on any atom is 0.304 e. The highest BCUT2D eigenvalue weighted by Crippen LogP contribution is 2.22. The maximum atomic E-state index is 10.6. The van der Waals surface area contributed by atoms with Crippen molar-refractivity contribution in [3.8, 4) is 5.75 Å². The van der Waals surface area contributed by atoms with Gasteiger partial charge in [-0.15, -0.1) is 0 Å². The molecule has 0 saturated heterocycles. The Balaban J connectivity index is 2.83. The van der Waals surface area contributed by atoms with Crippen molar-refractivity contribution in [2.24, 2.45) is 5.73 Å². The van der Waals surface area contributed by atoms with Crippen LogP contribution in [0.25, 0.3) is 0 Å². The number of hydrogen-bond donors (Lipinski definition) is 2. The number of aryl methyl sites for hydroxylation is 1. The second kappa shape index (κ2) is 6.25. The molecule has 1 aromatic carbocycles. The van der Waals surface area contributed by atoms with Crippen molar-refractivity contribution in [1.82, 2.24) is 0 Å². The largest absolute Gasteiger partial charge is 0.496 e. The number of benzene rings is 1. The molecule has 1 aromatic rings. The van der Waals surface area contributed by atoms with Gasteiger partial charge in [-0.25, -0.2) is 0 Å². The molecule has 0 radical (unpaired) electrons. The summed E-state index contributed by atoms with van der Waals surface area (Å²) in [5.74, 6) is -0.105. The first-order valence-electron chi connectivity index (χ1n) is 5.70. The molecule has 0 spiro atoms. The number of aliphatic carboxylic acids is 1. The fourth-order valence-electron chi connectivity index (χ4n) is 1.79. The van der Waals surface area contributed by atoms with E-state index < -0.39 is 5.97 Å². The van der Waals surface area contributed by atoms with E-state index in [1.807, 2.05) is 18.2 Å². The van der Waals surface area contributed by atoms with Gasteiger partial charge in [0.2, 0.25) is 0 Å². The lowest BCUT2D eigenvalue weighted by atomic mass is 10.00. The van der Waals surface area contributed by atoms with Gasteiger partial charge in [-0.3, -0.25) is 4.79 Å². The van der Waals surface area contributed by atoms with Crippen molar-refractivity contribution in [2.75, 3.05) is 7.11 Å². The van der Waals surface area contributed by atoms with E-state index >= 15 is 0 Å². The van der Waals surface area contributed by atoms with Gasteiger partial charge in [0.1, 0.15) is 5.75 Å². The lowest BCUT2D eigenvalue weighted by Gasteiger charge is -2.13. The van der Waals surface area contributed by atoms with Gasteiger partial charge in [0.15, 0.2) is 0 Å². The smallest absolute Gasteiger partial charge is 0.304 e. The van der Waals surface area contributed by atoms with Crippen LogP contribution in [0.2, 0.25) is 0 Å². The Labute approximate surface area is 101 Å². The van der Waals surface area contributed by atoms with Gasteiger partial charge >= 0.3 is 5.97 Å². The molecule has 3 N–H and O–H groups in total. The highest BCUT2D eigenvalue weighted by atomic mass is 16.5. The van der Waals surface area contributed by atoms with Crippen molar-refractivity contribution >= 4 is 5.97 Å². The Hall–Kier alpha value is -1.55. The molecule has 0 aliphatic rings. The van der Waals surface area contributed by atoms with Crippen molar-refractivity contribution in [3.63, 3.8) is 0 Å². The number of ether oxygens (including phenoxy) is 1. The SMILES string of the molecule is CCc1ccc(OC)c(CC(N)CC(=O)O)c1. The summed E-state index contributed by atoms with van der Waals surface area (Å²) >= 11 is 0. The molecule has 0 aromatic heterocycles. The minimum Gasteiger partial charge on any atom is -0.496 e. The zero-order chi connectivity index (χ0) is 12.8. The van der Waals surface area contributed by atoms with Crippen molar-refractivity contribution in [3.05, 3.63) is 29.3 Å². The van der Waals surface area contributed by atoms with E-state index in [4.69, 9.17) is 15.6 Å². The summed E-state index contributed by atoms with van der Waals surface area (Å²) in [6.07, 6.45) is 1.42. The number of carbonyl (C=O) groups is 1. The lowest BCUT2D eigenvalue weighted by molar-refractivity contribution is -0.137. The molecule has 1 atom stereocenters. The molecule has 0 saturated carbocycles. The summed E-state index contributed by atoms with van der Waals surface area (Å²) in [7, 11) is 1.60. The van der Waals surface area contributed by atoms with Crippen LogP contribution >= 0.6 is 0 Å². The predicted molar refractivity (Wildman–Crippen MR) is 66.3 cm³/mol. The average molecular weight is 237 g/mol. The molecule has 4 nitrogen and oxygen atoms in total. The number of nitrogens with two attached hydrogens (primary N) is 1. The van der Waals surface area contributed by atoms with Gasteiger partial charge in [-0.05, 0) is 30.0 Å². The first-order valence-corrected chi connectivity index (χ1v) is 5.70. The molecule has 0 heterocycles. The van der Waals surface area contributed by atoms with E-state index in [0.29, 0.717) is 6.42 Å². The van der Waals surface area contributed by atoms with Gasteiger partial charge in [-0.1, -0.05) is 19.1 Å². The highest BCUT2D eigenvalue weighted by molar-refractivity contribution is 5.67. The van der Waals surface area contributed by atoms with Crippen LogP contribution in [0.3, 0.4) is 0 Å². The van der Waals surface area contributed by atoms with E-state index in [2.05, 4.69) is 6.92 Å². The fourth-order valence-corrected chi connectivity index (χ4v) is 1.79. The Bertz CT molecular complexity index is 390. The summed E-state index contributed by atoms with van der Waals surface area (Å²) < 4.78 is 5.25. The topological polar surface area (TPSA) is 72.5 Å². The quantitative estimate of drug-likeness (QED) is 0.788. The third kappa shape index (κ3) is 4.07. The first kappa shape index (κ1) is 13.5. The van der Waals surface area contributed by atoms with Crippen LogP contribution in [0.4, 0.5) is 0 Å². The van der Waals surface area contributed by atoms with Crippen LogP contribution in [0, 0.1) is 0 Å². The lowest BCUT2D eigenvalue weighted by Crippen LogP contribution is -2.26. The van der Waals surface area contributed by atoms with E-state index in [1.54, 1.807) is 7.11 Å². The van der Waals surface area contributed by atoms with Crippen molar-refractivity contribution in [2.45, 2.75) is 32.2 Å². The zero-order valence-electron chi connectivity index (χ0n) is 10.3. The van der Waals surface area contributed by atoms with Gasteiger partial charge < -0.3 is 15.6 Å². The van der Waals surface area contributed by atoms with Crippen LogP contribution in [0.15, 0.2) is 18.2 Å². The Morgan fingerprint density at radius 3 is 2.76 bits per heavy atom. The molecule has 1 rings (SSSR count). The highest BCUT2D eigenvalue weighted by Gasteiger charge is 2.12. The van der Waals surface area contributed by atoms with E-state index in [0.717, 1.165) is 17.7 Å². The second-order valence-electron chi connectivity index (χ2n) is 4.06. The molecular weight excluding hydrogens is 218 g/mol. The minimum atomic E-state index is -0.872. The number of rotatable bonds is 6. The minimum absolute atomic E-state index is 0.0283. The Kier molecular flexibility index (Phi) is 4.97. The molecule has 0 amide bonds. The fraction of sp³-hybridized carbons (Fsp3) is 0.462. The number of hydrogen-bond acceptors (Lipinski definition) is 3. The summed E-state index contributed by atoms with van der Waals surface area (Å²) in [6.45, 7) is 2.07. The summed E-state index contributed by atoms with van der Waals surface area (Å²) in [6, 6.07) is 5.56. The van der Waals surface area contributed by atoms with E-state index in [-0.39, 0.29) is 12.5 Å². The van der Waals surface area contributed by atoms with E-state index in [1.165, 1.54) is 5.56 Å².